The van der Waals surface area contributed by atoms with E-state index in [1.54, 1.807) is 25.1 Å². The molecular weight excluding hydrogens is 406 g/mol. The minimum atomic E-state index is -4.29. The minimum absolute atomic E-state index is 0.0948. The summed E-state index contributed by atoms with van der Waals surface area (Å²) in [4.78, 5) is 11.1. The van der Waals surface area contributed by atoms with Crippen molar-refractivity contribution < 1.29 is 23.1 Å². The summed E-state index contributed by atoms with van der Waals surface area (Å²) < 4.78 is 30.3. The van der Waals surface area contributed by atoms with E-state index in [4.69, 9.17) is 15.6 Å². The van der Waals surface area contributed by atoms with E-state index >= 15 is 0 Å². The van der Waals surface area contributed by atoms with Crippen LogP contribution in [0.4, 0.5) is 11.4 Å². The van der Waals surface area contributed by atoms with Crippen molar-refractivity contribution in [2.24, 2.45) is 5.14 Å². The van der Waals surface area contributed by atoms with Crippen molar-refractivity contribution in [3.63, 3.8) is 0 Å². The predicted octanol–water partition coefficient (Wildman–Crippen LogP) is 3.33. The highest BCUT2D eigenvalue weighted by atomic mass is 32.2. The van der Waals surface area contributed by atoms with Gasteiger partial charge in [0.1, 0.15) is 10.6 Å². The molecule has 0 aliphatic carbocycles. The molecule has 3 aromatic rings. The molecule has 8 nitrogen and oxygen atoms in total. The van der Waals surface area contributed by atoms with Crippen LogP contribution in [0.15, 0.2) is 65.6 Å². The molecule has 0 saturated heterocycles. The fourth-order valence-electron chi connectivity index (χ4n) is 2.80. The van der Waals surface area contributed by atoms with Crippen molar-refractivity contribution in [3.8, 4) is 11.5 Å². The Labute approximate surface area is 174 Å². The van der Waals surface area contributed by atoms with E-state index in [9.17, 15) is 18.3 Å². The molecule has 0 aliphatic heterocycles. The van der Waals surface area contributed by atoms with Crippen molar-refractivity contribution in [2.75, 3.05) is 11.1 Å². The Balaban J connectivity index is 2.11. The molecule has 0 saturated carbocycles. The number of anilines is 2. The van der Waals surface area contributed by atoms with Gasteiger partial charge in [-0.2, -0.15) is 0 Å². The smallest absolute Gasteiger partial charge is 0.335 e. The molecule has 0 unspecified atom stereocenters. The van der Waals surface area contributed by atoms with Crippen LogP contribution in [-0.4, -0.2) is 19.5 Å². The van der Waals surface area contributed by atoms with Gasteiger partial charge in [0, 0.05) is 12.2 Å². The van der Waals surface area contributed by atoms with Gasteiger partial charge < -0.3 is 20.9 Å². The topological polar surface area (TPSA) is 145 Å². The minimum Gasteiger partial charge on any atom is -0.478 e. The summed E-state index contributed by atoms with van der Waals surface area (Å²) in [6, 6.07) is 16.5. The second-order valence-electron chi connectivity index (χ2n) is 6.66. The highest BCUT2D eigenvalue weighted by Gasteiger charge is 2.23. The molecule has 3 rings (SSSR count). The van der Waals surface area contributed by atoms with Crippen molar-refractivity contribution in [3.05, 3.63) is 77.4 Å². The Morgan fingerprint density at radius 2 is 1.80 bits per heavy atom. The van der Waals surface area contributed by atoms with Crippen LogP contribution in [0, 0.1) is 6.92 Å². The first-order valence-corrected chi connectivity index (χ1v) is 10.5. The quantitative estimate of drug-likeness (QED) is 0.423. The molecule has 0 fully saturated rings. The van der Waals surface area contributed by atoms with Crippen LogP contribution in [0.2, 0.25) is 0 Å². The Morgan fingerprint density at radius 1 is 1.10 bits per heavy atom. The number of nitrogen functional groups attached to an aromatic ring is 1. The van der Waals surface area contributed by atoms with E-state index in [-0.39, 0.29) is 17.0 Å². The molecule has 0 amide bonds. The van der Waals surface area contributed by atoms with Crippen LogP contribution in [0.5, 0.6) is 11.5 Å². The highest BCUT2D eigenvalue weighted by molar-refractivity contribution is 7.89. The first-order chi connectivity index (χ1) is 14.1. The Morgan fingerprint density at radius 3 is 2.40 bits per heavy atom. The number of nitrogens with one attached hydrogen (secondary N) is 1. The molecule has 0 aromatic heterocycles. The molecule has 0 spiro atoms. The second kappa shape index (κ2) is 8.44. The Kier molecular flexibility index (Phi) is 5.95. The lowest BCUT2D eigenvalue weighted by molar-refractivity contribution is 0.0696. The molecule has 0 heterocycles. The van der Waals surface area contributed by atoms with Gasteiger partial charge in [-0.1, -0.05) is 30.3 Å². The van der Waals surface area contributed by atoms with Crippen molar-refractivity contribution in [2.45, 2.75) is 18.4 Å². The van der Waals surface area contributed by atoms with Crippen LogP contribution < -0.4 is 20.9 Å². The maximum absolute atomic E-state index is 12.2. The van der Waals surface area contributed by atoms with Crippen molar-refractivity contribution in [1.29, 1.82) is 0 Å². The van der Waals surface area contributed by atoms with Gasteiger partial charge in [0.2, 0.25) is 10.0 Å². The number of nitrogens with two attached hydrogens (primary N) is 2. The predicted molar refractivity (Wildman–Crippen MR) is 114 cm³/mol. The zero-order chi connectivity index (χ0) is 21.9. The van der Waals surface area contributed by atoms with Gasteiger partial charge in [-0.15, -0.1) is 0 Å². The van der Waals surface area contributed by atoms with Crippen LogP contribution in [0.3, 0.4) is 0 Å². The lowest BCUT2D eigenvalue weighted by atomic mass is 10.1. The fraction of sp³-hybridized carbons (Fsp3) is 0.0952. The number of carbonyl (C=O) groups is 1. The molecule has 9 heteroatoms. The monoisotopic (exact) mass is 427 g/mol. The average molecular weight is 427 g/mol. The van der Waals surface area contributed by atoms with Crippen LogP contribution in [0.25, 0.3) is 0 Å². The molecule has 30 heavy (non-hydrogen) atoms. The summed E-state index contributed by atoms with van der Waals surface area (Å²) in [5, 5.41) is 17.8. The van der Waals surface area contributed by atoms with E-state index in [0.29, 0.717) is 18.0 Å². The summed E-state index contributed by atoms with van der Waals surface area (Å²) in [5.74, 6) is -1.06. The summed E-state index contributed by atoms with van der Waals surface area (Å²) in [5.41, 5.74) is 7.97. The zero-order valence-electron chi connectivity index (χ0n) is 16.1. The number of hydrogen-bond donors (Lipinski definition) is 4. The van der Waals surface area contributed by atoms with Gasteiger partial charge in [0.15, 0.2) is 5.75 Å². The van der Waals surface area contributed by atoms with Crippen molar-refractivity contribution >= 4 is 27.4 Å². The van der Waals surface area contributed by atoms with Gasteiger partial charge in [0.05, 0.1) is 11.3 Å². The average Bonchev–Trinajstić information content (AvgIpc) is 2.69. The Hall–Kier alpha value is -3.56. The lowest BCUT2D eigenvalue weighted by Gasteiger charge is -2.18. The van der Waals surface area contributed by atoms with Gasteiger partial charge in [-0.3, -0.25) is 0 Å². The standard InChI is InChI=1S/C21H21N3O5S/c1-13-9-16(7-8-17(13)22)29-20-18(24-12-14-5-3-2-4-6-14)10-15(21(25)26)11-19(20)30(23,27)28/h2-11,24H,12,22H2,1H3,(H,25,26)(H2,23,27,28). The van der Waals surface area contributed by atoms with E-state index in [2.05, 4.69) is 5.32 Å². The normalized spacial score (nSPS) is 11.1. The number of aromatic carboxylic acids is 1. The number of primary sulfonamides is 1. The number of rotatable bonds is 7. The summed E-state index contributed by atoms with van der Waals surface area (Å²) >= 11 is 0. The maximum Gasteiger partial charge on any atom is 0.335 e. The maximum atomic E-state index is 12.2. The van der Waals surface area contributed by atoms with Crippen LogP contribution >= 0.6 is 0 Å². The third-order valence-electron chi connectivity index (χ3n) is 4.40. The number of aryl methyl sites for hydroxylation is 1. The first-order valence-electron chi connectivity index (χ1n) is 8.91. The number of benzene rings is 3. The Bertz CT molecular complexity index is 1190. The molecule has 156 valence electrons. The van der Waals surface area contributed by atoms with E-state index in [1.807, 2.05) is 30.3 Å². The number of ether oxygens (including phenoxy) is 1. The molecule has 6 N–H and O–H groups in total. The molecule has 0 aliphatic rings. The third-order valence-corrected chi connectivity index (χ3v) is 5.31. The molecular formula is C21H21N3O5S. The van der Waals surface area contributed by atoms with E-state index in [0.717, 1.165) is 17.2 Å². The fourth-order valence-corrected chi connectivity index (χ4v) is 3.50. The number of sulfonamides is 1. The molecule has 3 aromatic carbocycles. The van der Waals surface area contributed by atoms with Gasteiger partial charge in [0.25, 0.3) is 0 Å². The van der Waals surface area contributed by atoms with Gasteiger partial charge in [-0.25, -0.2) is 18.4 Å². The van der Waals surface area contributed by atoms with Crippen molar-refractivity contribution in [1.82, 2.24) is 0 Å². The highest BCUT2D eigenvalue weighted by Crippen LogP contribution is 2.38. The SMILES string of the molecule is Cc1cc(Oc2c(NCc3ccccc3)cc(C(=O)O)cc2S(N)(=O)=O)ccc1N. The largest absolute Gasteiger partial charge is 0.478 e. The van der Waals surface area contributed by atoms with Gasteiger partial charge in [-0.05, 0) is 48.4 Å². The molecule has 0 radical (unpaired) electrons. The number of carboxylic acid groups (broad SMARTS) is 1. The lowest BCUT2D eigenvalue weighted by Crippen LogP contribution is -2.16. The first kappa shape index (κ1) is 21.2. The molecule has 0 bridgehead atoms. The third kappa shape index (κ3) is 4.88. The summed E-state index contributed by atoms with van der Waals surface area (Å²) in [6.07, 6.45) is 0. The number of carboxylic acids is 1. The second-order valence-corrected chi connectivity index (χ2v) is 8.19. The summed E-state index contributed by atoms with van der Waals surface area (Å²) in [6.45, 7) is 2.09. The van der Waals surface area contributed by atoms with Crippen LogP contribution in [0.1, 0.15) is 21.5 Å². The summed E-state index contributed by atoms with van der Waals surface area (Å²) in [7, 11) is -4.29. The molecule has 0 atom stereocenters. The van der Waals surface area contributed by atoms with E-state index in [1.165, 1.54) is 6.07 Å². The van der Waals surface area contributed by atoms with E-state index < -0.39 is 20.9 Å². The van der Waals surface area contributed by atoms with Crippen LogP contribution in [-0.2, 0) is 16.6 Å². The zero-order valence-corrected chi connectivity index (χ0v) is 16.9. The van der Waals surface area contributed by atoms with Gasteiger partial charge >= 0.3 is 5.97 Å². The number of hydrogen-bond acceptors (Lipinski definition) is 6.